The van der Waals surface area contributed by atoms with E-state index in [2.05, 4.69) is 15.6 Å². The van der Waals surface area contributed by atoms with Crippen LogP contribution in [0.25, 0.3) is 0 Å². The Morgan fingerprint density at radius 1 is 1.44 bits per heavy atom. The van der Waals surface area contributed by atoms with Crippen LogP contribution in [0.4, 0.5) is 5.13 Å². The Morgan fingerprint density at radius 2 is 2.22 bits per heavy atom. The number of hydrogen-bond acceptors (Lipinski definition) is 5. The molecule has 0 saturated heterocycles. The largest absolute Gasteiger partial charge is 0.382 e. The normalized spacial score (nSPS) is 10.1. The lowest BCUT2D eigenvalue weighted by Crippen LogP contribution is -2.36. The van der Waals surface area contributed by atoms with Gasteiger partial charge in [0.15, 0.2) is 5.13 Å². The summed E-state index contributed by atoms with van der Waals surface area (Å²) >= 11 is 1.29. The molecule has 18 heavy (non-hydrogen) atoms. The van der Waals surface area contributed by atoms with Crippen LogP contribution in [0.3, 0.4) is 0 Å². The number of aromatic nitrogens is 1. The van der Waals surface area contributed by atoms with Crippen LogP contribution in [-0.4, -0.2) is 36.6 Å². The fourth-order valence-electron chi connectivity index (χ4n) is 1.17. The second kappa shape index (κ2) is 7.78. The molecule has 1 aromatic heterocycles. The molecule has 0 aliphatic carbocycles. The molecule has 1 aromatic rings. The Hall–Kier alpha value is -1.47. The molecule has 100 valence electrons. The molecule has 0 unspecified atom stereocenters. The Morgan fingerprint density at radius 3 is 2.83 bits per heavy atom. The number of amides is 2. The predicted molar refractivity (Wildman–Crippen MR) is 69.6 cm³/mol. The van der Waals surface area contributed by atoms with Crippen LogP contribution in [0.5, 0.6) is 0 Å². The summed E-state index contributed by atoms with van der Waals surface area (Å²) in [5.74, 6) is -1.35. The number of carbonyl (C=O) groups is 2. The van der Waals surface area contributed by atoms with Gasteiger partial charge in [-0.3, -0.25) is 14.9 Å². The molecular formula is C11H17N3O3S. The first-order valence-electron chi connectivity index (χ1n) is 5.72. The third-order valence-electron chi connectivity index (χ3n) is 2.00. The van der Waals surface area contributed by atoms with Crippen LogP contribution in [-0.2, 0) is 14.3 Å². The van der Waals surface area contributed by atoms with Gasteiger partial charge in [-0.15, -0.1) is 11.3 Å². The Labute approximate surface area is 110 Å². The van der Waals surface area contributed by atoms with E-state index in [1.54, 1.807) is 5.38 Å². The van der Waals surface area contributed by atoms with E-state index in [0.717, 1.165) is 5.69 Å². The minimum atomic E-state index is -0.694. The molecule has 0 radical (unpaired) electrons. The minimum absolute atomic E-state index is 0.420. The first-order valence-corrected chi connectivity index (χ1v) is 6.60. The molecule has 0 aliphatic rings. The molecule has 2 N–H and O–H groups in total. The van der Waals surface area contributed by atoms with E-state index in [1.807, 2.05) is 13.8 Å². The smallest absolute Gasteiger partial charge is 0.315 e. The van der Waals surface area contributed by atoms with Crippen LogP contribution < -0.4 is 10.6 Å². The average Bonchev–Trinajstić information content (AvgIpc) is 2.74. The number of ether oxygens (including phenoxy) is 1. The summed E-state index contributed by atoms with van der Waals surface area (Å²) in [6, 6.07) is 0. The quantitative estimate of drug-likeness (QED) is 0.596. The van der Waals surface area contributed by atoms with Gasteiger partial charge in [0.05, 0.1) is 5.69 Å². The molecule has 0 aliphatic heterocycles. The zero-order valence-electron chi connectivity index (χ0n) is 10.5. The maximum absolute atomic E-state index is 11.5. The van der Waals surface area contributed by atoms with E-state index >= 15 is 0 Å². The second-order valence-electron chi connectivity index (χ2n) is 3.55. The van der Waals surface area contributed by atoms with Gasteiger partial charge in [-0.2, -0.15) is 0 Å². The van der Waals surface area contributed by atoms with Crippen molar-refractivity contribution in [1.29, 1.82) is 0 Å². The molecule has 0 saturated carbocycles. The molecule has 2 amide bonds. The minimum Gasteiger partial charge on any atom is -0.382 e. The Kier molecular flexibility index (Phi) is 6.31. The lowest BCUT2D eigenvalue weighted by Gasteiger charge is -2.04. The summed E-state index contributed by atoms with van der Waals surface area (Å²) in [4.78, 5) is 26.9. The topological polar surface area (TPSA) is 80.3 Å². The highest BCUT2D eigenvalue weighted by Gasteiger charge is 2.14. The van der Waals surface area contributed by atoms with Crippen LogP contribution in [0.2, 0.25) is 0 Å². The van der Waals surface area contributed by atoms with Crippen molar-refractivity contribution in [3.63, 3.8) is 0 Å². The van der Waals surface area contributed by atoms with E-state index in [0.29, 0.717) is 31.3 Å². The van der Waals surface area contributed by atoms with Crippen molar-refractivity contribution >= 4 is 28.3 Å². The molecule has 0 bridgehead atoms. The predicted octanol–water partition coefficient (Wildman–Crippen LogP) is 0.933. The van der Waals surface area contributed by atoms with Gasteiger partial charge in [-0.1, -0.05) is 0 Å². The summed E-state index contributed by atoms with van der Waals surface area (Å²) < 4.78 is 5.11. The van der Waals surface area contributed by atoms with Crippen LogP contribution in [0.1, 0.15) is 19.0 Å². The van der Waals surface area contributed by atoms with Crippen molar-refractivity contribution in [2.24, 2.45) is 0 Å². The van der Waals surface area contributed by atoms with Gasteiger partial charge in [0.2, 0.25) is 0 Å². The summed E-state index contributed by atoms with van der Waals surface area (Å²) in [6.07, 6.45) is 0.684. The second-order valence-corrected chi connectivity index (χ2v) is 4.41. The van der Waals surface area contributed by atoms with Crippen molar-refractivity contribution in [3.8, 4) is 0 Å². The SMILES string of the molecule is CCOCCCNC(=O)C(=O)Nc1nc(C)cs1. The molecule has 0 spiro atoms. The number of thiazole rings is 1. The van der Waals surface area contributed by atoms with Crippen molar-refractivity contribution in [2.45, 2.75) is 20.3 Å². The maximum Gasteiger partial charge on any atom is 0.315 e. The molecular weight excluding hydrogens is 254 g/mol. The number of rotatable bonds is 6. The van der Waals surface area contributed by atoms with Gasteiger partial charge >= 0.3 is 11.8 Å². The van der Waals surface area contributed by atoms with E-state index < -0.39 is 11.8 Å². The summed E-state index contributed by atoms with van der Waals surface area (Å²) in [5.41, 5.74) is 0.812. The monoisotopic (exact) mass is 271 g/mol. The maximum atomic E-state index is 11.5. The van der Waals surface area contributed by atoms with Gasteiger partial charge < -0.3 is 10.1 Å². The highest BCUT2D eigenvalue weighted by atomic mass is 32.1. The van der Waals surface area contributed by atoms with Crippen molar-refractivity contribution in [1.82, 2.24) is 10.3 Å². The molecule has 1 heterocycles. The van der Waals surface area contributed by atoms with E-state index in [4.69, 9.17) is 4.74 Å². The lowest BCUT2D eigenvalue weighted by atomic mass is 10.4. The molecule has 0 atom stereocenters. The highest BCUT2D eigenvalue weighted by molar-refractivity contribution is 7.14. The zero-order chi connectivity index (χ0) is 13.4. The number of carbonyl (C=O) groups excluding carboxylic acids is 2. The van der Waals surface area contributed by atoms with Gasteiger partial charge in [-0.05, 0) is 20.3 Å². The summed E-state index contributed by atoms with van der Waals surface area (Å²) in [7, 11) is 0. The number of anilines is 1. The van der Waals surface area contributed by atoms with E-state index in [1.165, 1.54) is 11.3 Å². The Bertz CT molecular complexity index is 406. The highest BCUT2D eigenvalue weighted by Crippen LogP contribution is 2.13. The number of nitrogens with zero attached hydrogens (tertiary/aromatic N) is 1. The molecule has 1 rings (SSSR count). The van der Waals surface area contributed by atoms with Gasteiger partial charge in [0.25, 0.3) is 0 Å². The van der Waals surface area contributed by atoms with Crippen molar-refractivity contribution < 1.29 is 14.3 Å². The first kappa shape index (κ1) is 14.6. The Balaban J connectivity index is 2.23. The van der Waals surface area contributed by atoms with Crippen LogP contribution in [0.15, 0.2) is 5.38 Å². The fourth-order valence-corrected chi connectivity index (χ4v) is 1.85. The number of hydrogen-bond donors (Lipinski definition) is 2. The third kappa shape index (κ3) is 5.24. The number of nitrogens with one attached hydrogen (secondary N) is 2. The summed E-state index contributed by atoms with van der Waals surface area (Å²) in [6.45, 7) is 5.37. The standard InChI is InChI=1S/C11H17N3O3S/c1-3-17-6-4-5-12-9(15)10(16)14-11-13-8(2)7-18-11/h7H,3-6H2,1-2H3,(H,12,15)(H,13,14,16). The van der Waals surface area contributed by atoms with Crippen LogP contribution >= 0.6 is 11.3 Å². The van der Waals surface area contributed by atoms with E-state index in [9.17, 15) is 9.59 Å². The third-order valence-corrected chi connectivity index (χ3v) is 2.88. The molecule has 0 fully saturated rings. The van der Waals surface area contributed by atoms with Crippen molar-refractivity contribution in [3.05, 3.63) is 11.1 Å². The zero-order valence-corrected chi connectivity index (χ0v) is 11.3. The van der Waals surface area contributed by atoms with Crippen LogP contribution in [0, 0.1) is 6.92 Å². The van der Waals surface area contributed by atoms with Gasteiger partial charge in [0.1, 0.15) is 0 Å². The first-order chi connectivity index (χ1) is 8.63. The van der Waals surface area contributed by atoms with Gasteiger partial charge in [-0.25, -0.2) is 4.98 Å². The average molecular weight is 271 g/mol. The fraction of sp³-hybridized carbons (Fsp3) is 0.545. The lowest BCUT2D eigenvalue weighted by molar-refractivity contribution is -0.136. The van der Waals surface area contributed by atoms with E-state index in [-0.39, 0.29) is 0 Å². The molecule has 0 aromatic carbocycles. The van der Waals surface area contributed by atoms with Gasteiger partial charge in [0, 0.05) is 25.1 Å². The number of aryl methyl sites for hydroxylation is 1. The molecule has 7 heteroatoms. The summed E-state index contributed by atoms with van der Waals surface area (Å²) in [5, 5.41) is 7.19. The molecule has 6 nitrogen and oxygen atoms in total. The van der Waals surface area contributed by atoms with Crippen molar-refractivity contribution in [2.75, 3.05) is 25.1 Å².